The predicted octanol–water partition coefficient (Wildman–Crippen LogP) is 4.40. The molecule has 2 aromatic carbocycles. The summed E-state index contributed by atoms with van der Waals surface area (Å²) in [6, 6.07) is 13.8. The Balaban J connectivity index is 1.73. The lowest BCUT2D eigenvalue weighted by Crippen LogP contribution is -2.08. The maximum absolute atomic E-state index is 11.2. The van der Waals surface area contributed by atoms with Gasteiger partial charge in [0.1, 0.15) is 17.4 Å². The largest absolute Gasteiger partial charge is 0.486 e. The first-order chi connectivity index (χ1) is 11.2. The van der Waals surface area contributed by atoms with Crippen LogP contribution >= 0.6 is 11.3 Å². The highest BCUT2D eigenvalue weighted by Gasteiger charge is 2.07. The molecule has 5 heteroatoms. The van der Waals surface area contributed by atoms with Gasteiger partial charge in [0.05, 0.1) is 10.2 Å². The average molecular weight is 326 g/mol. The third-order valence-corrected chi connectivity index (χ3v) is 4.48. The van der Waals surface area contributed by atoms with E-state index in [4.69, 9.17) is 4.74 Å². The number of ether oxygens (including phenoxy) is 1. The van der Waals surface area contributed by atoms with Crippen molar-refractivity contribution in [3.05, 3.63) is 53.0 Å². The van der Waals surface area contributed by atoms with Crippen molar-refractivity contribution in [2.75, 3.05) is 5.32 Å². The van der Waals surface area contributed by atoms with Crippen LogP contribution in [0, 0.1) is 0 Å². The van der Waals surface area contributed by atoms with Gasteiger partial charge in [0.25, 0.3) is 0 Å². The molecule has 0 atom stereocenters. The van der Waals surface area contributed by atoms with E-state index < -0.39 is 0 Å². The number of thiazole rings is 1. The fourth-order valence-corrected chi connectivity index (χ4v) is 3.27. The summed E-state index contributed by atoms with van der Waals surface area (Å²) in [6.07, 6.45) is 0.827. The van der Waals surface area contributed by atoms with Gasteiger partial charge in [-0.25, -0.2) is 4.98 Å². The first kappa shape index (κ1) is 15.5. The van der Waals surface area contributed by atoms with Gasteiger partial charge in [-0.1, -0.05) is 19.1 Å². The van der Waals surface area contributed by atoms with Crippen molar-refractivity contribution in [2.24, 2.45) is 0 Å². The predicted molar refractivity (Wildman–Crippen MR) is 94.1 cm³/mol. The van der Waals surface area contributed by atoms with E-state index in [1.807, 2.05) is 36.4 Å². The highest BCUT2D eigenvalue weighted by molar-refractivity contribution is 7.18. The van der Waals surface area contributed by atoms with E-state index in [1.165, 1.54) is 11.6 Å². The first-order valence-corrected chi connectivity index (χ1v) is 8.35. The molecule has 23 heavy (non-hydrogen) atoms. The Kier molecular flexibility index (Phi) is 4.57. The molecule has 1 heterocycles. The quantitative estimate of drug-likeness (QED) is 0.756. The summed E-state index contributed by atoms with van der Waals surface area (Å²) in [5, 5.41) is 3.79. The molecule has 1 N–H and O–H groups in total. The van der Waals surface area contributed by atoms with E-state index in [0.717, 1.165) is 33.9 Å². The molecule has 0 saturated heterocycles. The van der Waals surface area contributed by atoms with Crippen molar-refractivity contribution < 1.29 is 9.53 Å². The second-order valence-corrected chi connectivity index (χ2v) is 6.33. The number of amides is 1. The molecule has 0 spiro atoms. The van der Waals surface area contributed by atoms with Crippen LogP contribution in [0.4, 0.5) is 5.69 Å². The number of carbonyl (C=O) groups excluding carboxylic acids is 1. The molecule has 0 radical (unpaired) electrons. The van der Waals surface area contributed by atoms with Crippen molar-refractivity contribution in [2.45, 2.75) is 26.9 Å². The summed E-state index contributed by atoms with van der Waals surface area (Å²) in [6.45, 7) is 4.01. The number of hydrogen-bond donors (Lipinski definition) is 1. The number of rotatable bonds is 5. The van der Waals surface area contributed by atoms with E-state index in [2.05, 4.69) is 23.3 Å². The van der Waals surface area contributed by atoms with Crippen LogP contribution in [0.1, 0.15) is 24.4 Å². The van der Waals surface area contributed by atoms with Gasteiger partial charge in [-0.05, 0) is 42.3 Å². The Hall–Kier alpha value is -2.40. The molecule has 0 bridgehead atoms. The zero-order valence-electron chi connectivity index (χ0n) is 13.1. The van der Waals surface area contributed by atoms with Gasteiger partial charge in [0, 0.05) is 12.6 Å². The molecule has 0 fully saturated rings. The average Bonchev–Trinajstić information content (AvgIpc) is 2.96. The van der Waals surface area contributed by atoms with Crippen LogP contribution in [0.3, 0.4) is 0 Å². The van der Waals surface area contributed by atoms with Crippen LogP contribution in [0.5, 0.6) is 5.75 Å². The smallest absolute Gasteiger partial charge is 0.221 e. The number of nitrogens with one attached hydrogen (secondary N) is 1. The lowest BCUT2D eigenvalue weighted by molar-refractivity contribution is -0.114. The van der Waals surface area contributed by atoms with Gasteiger partial charge in [-0.3, -0.25) is 4.79 Å². The fourth-order valence-electron chi connectivity index (χ4n) is 2.39. The van der Waals surface area contributed by atoms with Crippen molar-refractivity contribution in [1.82, 2.24) is 4.98 Å². The summed E-state index contributed by atoms with van der Waals surface area (Å²) in [4.78, 5) is 15.8. The molecule has 0 saturated carbocycles. The molecular formula is C18H18N2O2S. The van der Waals surface area contributed by atoms with Crippen molar-refractivity contribution in [1.29, 1.82) is 0 Å². The van der Waals surface area contributed by atoms with Gasteiger partial charge in [-0.15, -0.1) is 11.3 Å². The summed E-state index contributed by atoms with van der Waals surface area (Å²) in [7, 11) is 0. The topological polar surface area (TPSA) is 51.2 Å². The molecule has 0 aliphatic carbocycles. The van der Waals surface area contributed by atoms with Gasteiger partial charge in [-0.2, -0.15) is 0 Å². The number of hydrogen-bond acceptors (Lipinski definition) is 4. The molecule has 1 aromatic heterocycles. The van der Waals surface area contributed by atoms with Crippen molar-refractivity contribution in [3.8, 4) is 5.75 Å². The van der Waals surface area contributed by atoms with Crippen LogP contribution < -0.4 is 10.1 Å². The van der Waals surface area contributed by atoms with E-state index in [9.17, 15) is 4.79 Å². The van der Waals surface area contributed by atoms with Gasteiger partial charge in [0.2, 0.25) is 5.91 Å². The Morgan fingerprint density at radius 2 is 2.09 bits per heavy atom. The standard InChI is InChI=1S/C18H18N2O2S/c1-3-13-10-14(8-9-15(13)19-12(2)21)22-11-18-20-16-6-4-5-7-17(16)23-18/h4-10H,3,11H2,1-2H3,(H,19,21). The second-order valence-electron chi connectivity index (χ2n) is 5.22. The number of fused-ring (bicyclic) bond motifs is 1. The van der Waals surface area contributed by atoms with Crippen LogP contribution in [0.15, 0.2) is 42.5 Å². The third kappa shape index (κ3) is 3.68. The molecule has 0 unspecified atom stereocenters. The van der Waals surface area contributed by atoms with Crippen LogP contribution in [-0.2, 0) is 17.8 Å². The van der Waals surface area contributed by atoms with E-state index in [1.54, 1.807) is 11.3 Å². The Labute approximate surface area is 139 Å². The van der Waals surface area contributed by atoms with E-state index in [0.29, 0.717) is 6.61 Å². The molecule has 0 aliphatic rings. The number of para-hydroxylation sites is 1. The Bertz CT molecular complexity index is 809. The van der Waals surface area contributed by atoms with E-state index in [-0.39, 0.29) is 5.91 Å². The number of nitrogens with zero attached hydrogens (tertiary/aromatic N) is 1. The molecule has 0 aliphatic heterocycles. The second kappa shape index (κ2) is 6.79. The normalized spacial score (nSPS) is 10.7. The molecule has 4 nitrogen and oxygen atoms in total. The molecule has 3 rings (SSSR count). The fraction of sp³-hybridized carbons (Fsp3) is 0.222. The number of benzene rings is 2. The molecular weight excluding hydrogens is 308 g/mol. The van der Waals surface area contributed by atoms with Gasteiger partial charge in [0.15, 0.2) is 0 Å². The lowest BCUT2D eigenvalue weighted by atomic mass is 10.1. The first-order valence-electron chi connectivity index (χ1n) is 7.53. The monoisotopic (exact) mass is 326 g/mol. The summed E-state index contributed by atoms with van der Waals surface area (Å²) in [5.74, 6) is 0.720. The van der Waals surface area contributed by atoms with Crippen LogP contribution in [0.2, 0.25) is 0 Å². The number of carbonyl (C=O) groups is 1. The number of aromatic nitrogens is 1. The lowest BCUT2D eigenvalue weighted by Gasteiger charge is -2.11. The minimum Gasteiger partial charge on any atom is -0.486 e. The molecule has 1 amide bonds. The van der Waals surface area contributed by atoms with Crippen LogP contribution in [0.25, 0.3) is 10.2 Å². The maximum atomic E-state index is 11.2. The van der Waals surface area contributed by atoms with Crippen molar-refractivity contribution >= 4 is 33.1 Å². The van der Waals surface area contributed by atoms with Crippen molar-refractivity contribution in [3.63, 3.8) is 0 Å². The zero-order valence-corrected chi connectivity index (χ0v) is 13.9. The Morgan fingerprint density at radius 3 is 2.83 bits per heavy atom. The minimum absolute atomic E-state index is 0.0668. The van der Waals surface area contributed by atoms with E-state index >= 15 is 0 Å². The highest BCUT2D eigenvalue weighted by Crippen LogP contribution is 2.26. The molecule has 118 valence electrons. The third-order valence-electron chi connectivity index (χ3n) is 3.47. The summed E-state index contributed by atoms with van der Waals surface area (Å²) in [5.41, 5.74) is 2.90. The zero-order chi connectivity index (χ0) is 16.2. The number of anilines is 1. The molecule has 3 aromatic rings. The highest BCUT2D eigenvalue weighted by atomic mass is 32.1. The summed E-state index contributed by atoms with van der Waals surface area (Å²) < 4.78 is 7.03. The van der Waals surface area contributed by atoms with Crippen LogP contribution in [-0.4, -0.2) is 10.9 Å². The minimum atomic E-state index is -0.0668. The van der Waals surface area contributed by atoms with Gasteiger partial charge < -0.3 is 10.1 Å². The number of aryl methyl sites for hydroxylation is 1. The van der Waals surface area contributed by atoms with Gasteiger partial charge >= 0.3 is 0 Å². The SMILES string of the molecule is CCc1cc(OCc2nc3ccccc3s2)ccc1NC(C)=O. The maximum Gasteiger partial charge on any atom is 0.221 e. The summed E-state index contributed by atoms with van der Waals surface area (Å²) >= 11 is 1.64. The Morgan fingerprint density at radius 1 is 1.26 bits per heavy atom.